The van der Waals surface area contributed by atoms with Crippen LogP contribution in [0.3, 0.4) is 0 Å². The summed E-state index contributed by atoms with van der Waals surface area (Å²) in [5.41, 5.74) is -4.90. The SMILES string of the molecule is O=C(O)C1CCN(S(=O)(=O)c2c([N+](=O)[O-])cc(C(F)(F)F)cc2[N+](=O)[O-])CC1. The molecule has 1 heterocycles. The Bertz CT molecular complexity index is 904. The van der Waals surface area contributed by atoms with Crippen molar-refractivity contribution >= 4 is 27.4 Å². The number of piperidine rings is 1. The van der Waals surface area contributed by atoms with Gasteiger partial charge in [0.25, 0.3) is 21.4 Å². The molecule has 2 rings (SSSR count). The zero-order chi connectivity index (χ0) is 21.4. The summed E-state index contributed by atoms with van der Waals surface area (Å²) in [4.78, 5) is 29.0. The molecule has 0 radical (unpaired) electrons. The molecule has 0 saturated carbocycles. The van der Waals surface area contributed by atoms with Crippen molar-refractivity contribution < 1.29 is 41.3 Å². The predicted octanol–water partition coefficient (Wildman–Crippen LogP) is 2.01. The van der Waals surface area contributed by atoms with Crippen LogP contribution in [0.4, 0.5) is 24.5 Å². The van der Waals surface area contributed by atoms with E-state index in [2.05, 4.69) is 0 Å². The van der Waals surface area contributed by atoms with Gasteiger partial charge in [-0.3, -0.25) is 25.0 Å². The number of carboxylic acids is 1. The van der Waals surface area contributed by atoms with Gasteiger partial charge in [0.15, 0.2) is 0 Å². The van der Waals surface area contributed by atoms with E-state index in [1.165, 1.54) is 0 Å². The molecule has 11 nitrogen and oxygen atoms in total. The smallest absolute Gasteiger partial charge is 0.416 e. The molecule has 15 heteroatoms. The van der Waals surface area contributed by atoms with Gasteiger partial charge >= 0.3 is 12.1 Å². The van der Waals surface area contributed by atoms with Gasteiger partial charge in [-0.1, -0.05) is 0 Å². The average Bonchev–Trinajstić information content (AvgIpc) is 2.59. The predicted molar refractivity (Wildman–Crippen MR) is 83.9 cm³/mol. The Morgan fingerprint density at radius 1 is 1.11 bits per heavy atom. The van der Waals surface area contributed by atoms with Crippen molar-refractivity contribution in [2.24, 2.45) is 5.92 Å². The van der Waals surface area contributed by atoms with Crippen LogP contribution < -0.4 is 0 Å². The third kappa shape index (κ3) is 4.04. The van der Waals surface area contributed by atoms with Crippen molar-refractivity contribution in [3.63, 3.8) is 0 Å². The maximum absolute atomic E-state index is 12.9. The van der Waals surface area contributed by atoms with Gasteiger partial charge in [0.2, 0.25) is 4.90 Å². The van der Waals surface area contributed by atoms with Gasteiger partial charge in [0.05, 0.1) is 21.3 Å². The first kappa shape index (κ1) is 21.5. The number of hydrogen-bond acceptors (Lipinski definition) is 7. The molecule has 1 N–H and O–H groups in total. The zero-order valence-electron chi connectivity index (χ0n) is 13.7. The molecule has 1 aromatic rings. The summed E-state index contributed by atoms with van der Waals surface area (Å²) in [6.45, 7) is -0.816. The molecule has 154 valence electrons. The summed E-state index contributed by atoms with van der Waals surface area (Å²) in [5, 5.41) is 31.3. The van der Waals surface area contributed by atoms with E-state index in [9.17, 15) is 46.6 Å². The van der Waals surface area contributed by atoms with Crippen LogP contribution in [0.5, 0.6) is 0 Å². The second kappa shape index (κ2) is 7.31. The number of rotatable bonds is 5. The number of benzene rings is 1. The molecule has 1 aliphatic heterocycles. The minimum absolute atomic E-state index is 0.0795. The molecule has 28 heavy (non-hydrogen) atoms. The highest BCUT2D eigenvalue weighted by Gasteiger charge is 2.44. The van der Waals surface area contributed by atoms with Gasteiger partial charge in [-0.05, 0) is 12.8 Å². The number of aliphatic carboxylic acids is 1. The third-order valence-electron chi connectivity index (χ3n) is 4.17. The van der Waals surface area contributed by atoms with Gasteiger partial charge < -0.3 is 5.11 Å². The molecule has 0 bridgehead atoms. The van der Waals surface area contributed by atoms with Gasteiger partial charge in [-0.15, -0.1) is 0 Å². The first-order chi connectivity index (χ1) is 12.8. The topological polar surface area (TPSA) is 161 Å². The second-order valence-corrected chi connectivity index (χ2v) is 7.75. The molecule has 0 unspecified atom stereocenters. The Morgan fingerprint density at radius 3 is 1.86 bits per heavy atom. The summed E-state index contributed by atoms with van der Waals surface area (Å²) >= 11 is 0. The number of alkyl halides is 3. The number of nitro groups is 2. The Hall–Kier alpha value is -2.81. The average molecular weight is 427 g/mol. The Balaban J connectivity index is 2.64. The monoisotopic (exact) mass is 427 g/mol. The van der Waals surface area contributed by atoms with Crippen LogP contribution in [0.25, 0.3) is 0 Å². The molecule has 0 amide bonds. The highest BCUT2D eigenvalue weighted by atomic mass is 32.2. The lowest BCUT2D eigenvalue weighted by molar-refractivity contribution is -0.400. The van der Waals surface area contributed by atoms with E-state index in [-0.39, 0.29) is 25.0 Å². The van der Waals surface area contributed by atoms with Crippen LogP contribution in [-0.4, -0.2) is 46.7 Å². The maximum Gasteiger partial charge on any atom is 0.416 e. The minimum atomic E-state index is -5.18. The number of carboxylic acid groups (broad SMARTS) is 1. The standard InChI is InChI=1S/C13H12F3N3O8S/c14-13(15,16)8-5-9(18(22)23)11(10(6-8)19(24)25)28(26,27)17-3-1-7(2-4-17)12(20)21/h5-7H,1-4H2,(H,20,21). The van der Waals surface area contributed by atoms with Crippen molar-refractivity contribution in [2.45, 2.75) is 23.9 Å². The molecule has 1 saturated heterocycles. The van der Waals surface area contributed by atoms with E-state index in [1.807, 2.05) is 0 Å². The lowest BCUT2D eigenvalue weighted by Gasteiger charge is -2.29. The van der Waals surface area contributed by atoms with Gasteiger partial charge in [-0.2, -0.15) is 17.5 Å². The fourth-order valence-corrected chi connectivity index (χ4v) is 4.52. The molecular formula is C13H12F3N3O8S. The number of nitro benzene ring substituents is 2. The lowest BCUT2D eigenvalue weighted by Crippen LogP contribution is -2.40. The second-order valence-electron chi connectivity index (χ2n) is 5.87. The van der Waals surface area contributed by atoms with E-state index in [0.29, 0.717) is 4.31 Å². The largest absolute Gasteiger partial charge is 0.481 e. The van der Waals surface area contributed by atoms with Crippen LogP contribution in [0, 0.1) is 26.1 Å². The van der Waals surface area contributed by atoms with E-state index >= 15 is 0 Å². The molecule has 0 aliphatic carbocycles. The van der Waals surface area contributed by atoms with Crippen LogP contribution in [0.2, 0.25) is 0 Å². The molecular weight excluding hydrogens is 415 g/mol. The van der Waals surface area contributed by atoms with Crippen molar-refractivity contribution in [2.75, 3.05) is 13.1 Å². The first-order valence-corrected chi connectivity index (χ1v) is 8.97. The van der Waals surface area contributed by atoms with Crippen LogP contribution in [0.15, 0.2) is 17.0 Å². The van der Waals surface area contributed by atoms with E-state index in [4.69, 9.17) is 5.11 Å². The third-order valence-corrected chi connectivity index (χ3v) is 6.15. The first-order valence-electron chi connectivity index (χ1n) is 7.53. The molecule has 0 aromatic heterocycles. The van der Waals surface area contributed by atoms with E-state index < -0.39 is 72.9 Å². The Kier molecular flexibility index (Phi) is 5.61. The summed E-state index contributed by atoms with van der Waals surface area (Å²) in [6, 6.07) is -0.159. The lowest BCUT2D eigenvalue weighted by atomic mass is 9.99. The summed E-state index contributed by atoms with van der Waals surface area (Å²) < 4.78 is 64.9. The van der Waals surface area contributed by atoms with Gasteiger partial charge in [0, 0.05) is 25.2 Å². The van der Waals surface area contributed by atoms with Crippen LogP contribution >= 0.6 is 0 Å². The highest BCUT2D eigenvalue weighted by Crippen LogP contribution is 2.41. The van der Waals surface area contributed by atoms with Crippen LogP contribution in [-0.2, 0) is 21.0 Å². The van der Waals surface area contributed by atoms with Crippen molar-refractivity contribution in [3.05, 3.63) is 37.9 Å². The maximum atomic E-state index is 12.9. The number of sulfonamides is 1. The number of nitrogens with zero attached hydrogens (tertiary/aromatic N) is 3. The minimum Gasteiger partial charge on any atom is -0.481 e. The summed E-state index contributed by atoms with van der Waals surface area (Å²) in [5.74, 6) is -2.05. The quantitative estimate of drug-likeness (QED) is 0.551. The van der Waals surface area contributed by atoms with Crippen molar-refractivity contribution in [3.8, 4) is 0 Å². The molecule has 0 atom stereocenters. The van der Waals surface area contributed by atoms with E-state index in [1.54, 1.807) is 0 Å². The molecule has 0 spiro atoms. The van der Waals surface area contributed by atoms with Crippen molar-refractivity contribution in [1.29, 1.82) is 0 Å². The molecule has 1 fully saturated rings. The highest BCUT2D eigenvalue weighted by molar-refractivity contribution is 7.89. The zero-order valence-corrected chi connectivity index (χ0v) is 14.6. The molecule has 1 aromatic carbocycles. The fraction of sp³-hybridized carbons (Fsp3) is 0.462. The normalized spacial score (nSPS) is 16.7. The molecule has 1 aliphatic rings. The fourth-order valence-electron chi connectivity index (χ4n) is 2.77. The Labute approximate surface area is 154 Å². The van der Waals surface area contributed by atoms with Crippen molar-refractivity contribution in [1.82, 2.24) is 4.31 Å². The van der Waals surface area contributed by atoms with Gasteiger partial charge in [-0.25, -0.2) is 8.42 Å². The number of hydrogen-bond donors (Lipinski definition) is 1. The Morgan fingerprint density at radius 2 is 1.54 bits per heavy atom. The summed E-state index contributed by atoms with van der Waals surface area (Å²) in [6.07, 6.45) is -5.49. The number of carbonyl (C=O) groups is 1. The number of halogens is 3. The van der Waals surface area contributed by atoms with Crippen LogP contribution in [0.1, 0.15) is 18.4 Å². The summed E-state index contributed by atoms with van der Waals surface area (Å²) in [7, 11) is -4.94. The van der Waals surface area contributed by atoms with E-state index in [0.717, 1.165) is 0 Å². The van der Waals surface area contributed by atoms with Gasteiger partial charge in [0.1, 0.15) is 0 Å².